The summed E-state index contributed by atoms with van der Waals surface area (Å²) in [5.74, 6) is -3.88. The predicted molar refractivity (Wildman–Crippen MR) is 91.9 cm³/mol. The zero-order valence-corrected chi connectivity index (χ0v) is 14.6. The summed E-state index contributed by atoms with van der Waals surface area (Å²) in [6.07, 6.45) is 0.410. The van der Waals surface area contributed by atoms with E-state index in [0.29, 0.717) is 30.0 Å². The standard InChI is InChI=1S/C17H15F2N3O3S/c1-8(23)22-6-5-9-12(7-22)26-17(13(9)15(20)24)21-16(25)14-10(18)3-2-4-11(14)19/h2-4H,5-7H2,1H3,(H2,20,24)(H,21,25). The summed E-state index contributed by atoms with van der Waals surface area (Å²) in [7, 11) is 0. The minimum Gasteiger partial charge on any atom is -0.365 e. The third kappa shape index (κ3) is 3.17. The van der Waals surface area contributed by atoms with E-state index in [0.717, 1.165) is 29.5 Å². The number of carbonyl (C=O) groups is 3. The first-order chi connectivity index (χ1) is 12.3. The molecule has 26 heavy (non-hydrogen) atoms. The summed E-state index contributed by atoms with van der Waals surface area (Å²) >= 11 is 1.07. The van der Waals surface area contributed by atoms with Crippen molar-refractivity contribution in [1.82, 2.24) is 4.90 Å². The zero-order valence-electron chi connectivity index (χ0n) is 13.8. The number of halogens is 2. The number of hydrogen-bond donors (Lipinski definition) is 2. The van der Waals surface area contributed by atoms with Crippen molar-refractivity contribution < 1.29 is 23.2 Å². The lowest BCUT2D eigenvalue weighted by Gasteiger charge is -2.25. The Bertz CT molecular complexity index is 906. The number of hydrogen-bond acceptors (Lipinski definition) is 4. The van der Waals surface area contributed by atoms with Gasteiger partial charge in [0, 0.05) is 18.3 Å². The van der Waals surface area contributed by atoms with Crippen molar-refractivity contribution in [2.75, 3.05) is 11.9 Å². The van der Waals surface area contributed by atoms with Crippen LogP contribution >= 0.6 is 11.3 Å². The Morgan fingerprint density at radius 2 is 1.85 bits per heavy atom. The normalized spacial score (nSPS) is 13.3. The van der Waals surface area contributed by atoms with Crippen LogP contribution in [-0.2, 0) is 17.8 Å². The molecule has 0 aliphatic carbocycles. The number of carbonyl (C=O) groups excluding carboxylic acids is 3. The molecule has 1 aliphatic rings. The molecule has 2 heterocycles. The maximum absolute atomic E-state index is 13.8. The number of nitrogens with one attached hydrogen (secondary N) is 1. The van der Waals surface area contributed by atoms with Gasteiger partial charge >= 0.3 is 0 Å². The summed E-state index contributed by atoms with van der Waals surface area (Å²) in [6, 6.07) is 3.09. The summed E-state index contributed by atoms with van der Waals surface area (Å²) in [4.78, 5) is 38.1. The van der Waals surface area contributed by atoms with Gasteiger partial charge in [-0.25, -0.2) is 8.78 Å². The topological polar surface area (TPSA) is 92.5 Å². The van der Waals surface area contributed by atoms with E-state index in [4.69, 9.17) is 5.73 Å². The van der Waals surface area contributed by atoms with Crippen molar-refractivity contribution in [1.29, 1.82) is 0 Å². The second-order valence-corrected chi connectivity index (χ2v) is 6.92. The SMILES string of the molecule is CC(=O)N1CCc2c(sc(NC(=O)c3c(F)cccc3F)c2C(N)=O)C1. The number of nitrogens with two attached hydrogens (primary N) is 1. The Labute approximate surface area is 151 Å². The molecule has 2 aromatic rings. The molecule has 1 aromatic heterocycles. The van der Waals surface area contributed by atoms with Gasteiger partial charge in [-0.15, -0.1) is 11.3 Å². The van der Waals surface area contributed by atoms with Crippen LogP contribution in [-0.4, -0.2) is 29.2 Å². The molecule has 0 saturated heterocycles. The van der Waals surface area contributed by atoms with Gasteiger partial charge in [0.05, 0.1) is 12.1 Å². The highest BCUT2D eigenvalue weighted by Crippen LogP contribution is 2.37. The van der Waals surface area contributed by atoms with Crippen LogP contribution < -0.4 is 11.1 Å². The van der Waals surface area contributed by atoms with Crippen molar-refractivity contribution in [3.8, 4) is 0 Å². The number of thiophene rings is 1. The second kappa shape index (κ2) is 6.83. The molecular formula is C17H15F2N3O3S. The van der Waals surface area contributed by atoms with Gasteiger partial charge in [-0.1, -0.05) is 6.07 Å². The quantitative estimate of drug-likeness (QED) is 0.857. The molecule has 3 N–H and O–H groups in total. The minimum atomic E-state index is -1.01. The van der Waals surface area contributed by atoms with E-state index in [9.17, 15) is 23.2 Å². The zero-order chi connectivity index (χ0) is 19.0. The smallest absolute Gasteiger partial charge is 0.262 e. The fraction of sp³-hybridized carbons (Fsp3) is 0.235. The maximum atomic E-state index is 13.8. The first-order valence-corrected chi connectivity index (χ1v) is 8.56. The first-order valence-electron chi connectivity index (χ1n) is 7.74. The molecule has 0 unspecified atom stereocenters. The first kappa shape index (κ1) is 18.0. The monoisotopic (exact) mass is 379 g/mol. The Kier molecular flexibility index (Phi) is 4.73. The fourth-order valence-electron chi connectivity index (χ4n) is 2.90. The third-order valence-corrected chi connectivity index (χ3v) is 5.30. The fourth-order valence-corrected chi connectivity index (χ4v) is 4.17. The molecule has 1 aliphatic heterocycles. The van der Waals surface area contributed by atoms with E-state index in [-0.39, 0.29) is 16.5 Å². The van der Waals surface area contributed by atoms with E-state index in [2.05, 4.69) is 5.32 Å². The molecule has 6 nitrogen and oxygen atoms in total. The molecule has 0 bridgehead atoms. The number of benzene rings is 1. The summed E-state index contributed by atoms with van der Waals surface area (Å²) < 4.78 is 27.6. The molecule has 0 fully saturated rings. The van der Waals surface area contributed by atoms with Crippen molar-refractivity contribution in [3.05, 3.63) is 51.4 Å². The Hall–Kier alpha value is -2.81. The van der Waals surface area contributed by atoms with Crippen molar-refractivity contribution in [2.45, 2.75) is 19.9 Å². The molecule has 0 radical (unpaired) electrons. The number of amides is 3. The Morgan fingerprint density at radius 3 is 2.42 bits per heavy atom. The summed E-state index contributed by atoms with van der Waals surface area (Å²) in [5.41, 5.74) is 5.48. The van der Waals surface area contributed by atoms with Gasteiger partial charge in [0.15, 0.2) is 0 Å². The highest BCUT2D eigenvalue weighted by Gasteiger charge is 2.29. The molecule has 0 spiro atoms. The largest absolute Gasteiger partial charge is 0.365 e. The lowest BCUT2D eigenvalue weighted by atomic mass is 10.0. The van der Waals surface area contributed by atoms with Crippen LogP contribution in [0.2, 0.25) is 0 Å². The second-order valence-electron chi connectivity index (χ2n) is 5.81. The van der Waals surface area contributed by atoms with Crippen LogP contribution in [0.5, 0.6) is 0 Å². The molecule has 3 amide bonds. The average Bonchev–Trinajstić information content (AvgIpc) is 2.91. The Morgan fingerprint density at radius 1 is 1.19 bits per heavy atom. The molecule has 0 atom stereocenters. The lowest BCUT2D eigenvalue weighted by molar-refractivity contribution is -0.129. The minimum absolute atomic E-state index is 0.108. The van der Waals surface area contributed by atoms with Gasteiger partial charge in [-0.05, 0) is 24.1 Å². The number of rotatable bonds is 3. The molecule has 1 aromatic carbocycles. The maximum Gasteiger partial charge on any atom is 0.262 e. The van der Waals surface area contributed by atoms with Crippen molar-refractivity contribution in [2.24, 2.45) is 5.73 Å². The van der Waals surface area contributed by atoms with Crippen LogP contribution in [0.4, 0.5) is 13.8 Å². The van der Waals surface area contributed by atoms with E-state index < -0.39 is 29.0 Å². The number of anilines is 1. The number of primary amides is 1. The van der Waals surface area contributed by atoms with Crippen molar-refractivity contribution in [3.63, 3.8) is 0 Å². The van der Waals surface area contributed by atoms with Crippen LogP contribution in [0, 0.1) is 11.6 Å². The third-order valence-electron chi connectivity index (χ3n) is 4.17. The van der Waals surface area contributed by atoms with Gasteiger partial charge in [0.1, 0.15) is 22.2 Å². The lowest BCUT2D eigenvalue weighted by Crippen LogP contribution is -2.34. The van der Waals surface area contributed by atoms with Crippen LogP contribution in [0.3, 0.4) is 0 Å². The van der Waals surface area contributed by atoms with Crippen LogP contribution in [0.15, 0.2) is 18.2 Å². The van der Waals surface area contributed by atoms with E-state index in [1.165, 1.54) is 6.92 Å². The molecule has 9 heteroatoms. The number of fused-ring (bicyclic) bond motifs is 1. The van der Waals surface area contributed by atoms with E-state index in [1.54, 1.807) is 4.90 Å². The summed E-state index contributed by atoms with van der Waals surface area (Å²) in [6.45, 7) is 2.16. The van der Waals surface area contributed by atoms with Gasteiger partial charge in [0.2, 0.25) is 5.91 Å². The van der Waals surface area contributed by atoms with Crippen molar-refractivity contribution >= 4 is 34.1 Å². The molecule has 3 rings (SSSR count). The predicted octanol–water partition coefficient (Wildman–Crippen LogP) is 2.28. The van der Waals surface area contributed by atoms with E-state index in [1.807, 2.05) is 0 Å². The van der Waals surface area contributed by atoms with Crippen LogP contribution in [0.25, 0.3) is 0 Å². The van der Waals surface area contributed by atoms with Gasteiger partial charge in [0.25, 0.3) is 11.8 Å². The summed E-state index contributed by atoms with van der Waals surface area (Å²) in [5, 5.41) is 2.51. The van der Waals surface area contributed by atoms with Crippen LogP contribution in [0.1, 0.15) is 38.1 Å². The highest BCUT2D eigenvalue weighted by molar-refractivity contribution is 7.17. The van der Waals surface area contributed by atoms with Gasteiger partial charge < -0.3 is 16.0 Å². The molecule has 0 saturated carbocycles. The van der Waals surface area contributed by atoms with Gasteiger partial charge in [-0.3, -0.25) is 14.4 Å². The van der Waals surface area contributed by atoms with E-state index >= 15 is 0 Å². The Balaban J connectivity index is 1.97. The molecule has 136 valence electrons. The average molecular weight is 379 g/mol. The van der Waals surface area contributed by atoms with Gasteiger partial charge in [-0.2, -0.15) is 0 Å². The highest BCUT2D eigenvalue weighted by atomic mass is 32.1. The molecular weight excluding hydrogens is 364 g/mol. The number of nitrogens with zero attached hydrogens (tertiary/aromatic N) is 1.